The molecule has 0 saturated heterocycles. The number of aromatic nitrogens is 1. The Morgan fingerprint density at radius 3 is 2.47 bits per heavy atom. The number of nitrogens with zero attached hydrogens (tertiary/aromatic N) is 3. The van der Waals surface area contributed by atoms with Gasteiger partial charge in [-0.25, -0.2) is 9.79 Å². The van der Waals surface area contributed by atoms with E-state index >= 15 is 0 Å². The number of fused-ring (bicyclic) bond motifs is 1. The third kappa shape index (κ3) is 7.74. The average molecular weight is 747 g/mol. The summed E-state index contributed by atoms with van der Waals surface area (Å²) in [5, 5.41) is 9.09. The highest BCUT2D eigenvalue weighted by atomic mass is 79.9. The van der Waals surface area contributed by atoms with Gasteiger partial charge in [0.25, 0.3) is 5.56 Å². The van der Waals surface area contributed by atoms with Crippen LogP contribution >= 0.6 is 27.3 Å². The minimum Gasteiger partial charge on any atom is -0.493 e. The Labute approximate surface area is 296 Å². The zero-order valence-electron chi connectivity index (χ0n) is 28.0. The molecule has 10 nitrogen and oxygen atoms in total. The number of benzene rings is 3. The molecule has 1 atom stereocenters. The molecule has 49 heavy (non-hydrogen) atoms. The predicted molar refractivity (Wildman–Crippen MR) is 190 cm³/mol. The van der Waals surface area contributed by atoms with Crippen molar-refractivity contribution in [2.75, 3.05) is 20.3 Å². The summed E-state index contributed by atoms with van der Waals surface area (Å²) >= 11 is 4.85. The van der Waals surface area contributed by atoms with E-state index in [2.05, 4.69) is 27.0 Å². The van der Waals surface area contributed by atoms with Crippen LogP contribution in [0.5, 0.6) is 23.0 Å². The normalized spacial score (nSPS) is 14.2. The fraction of sp³-hybridized carbons (Fsp3) is 0.297. The highest BCUT2D eigenvalue weighted by molar-refractivity contribution is 9.10. The van der Waals surface area contributed by atoms with Crippen LogP contribution in [0, 0.1) is 11.3 Å². The Bertz CT molecular complexity index is 2130. The summed E-state index contributed by atoms with van der Waals surface area (Å²) in [6.45, 7) is 10.0. The first-order chi connectivity index (χ1) is 23.6. The molecular formula is C37H36BrN3O7S. The molecule has 0 fully saturated rings. The molecule has 0 radical (unpaired) electrons. The molecule has 1 aromatic heterocycles. The van der Waals surface area contributed by atoms with Crippen molar-refractivity contribution >= 4 is 39.3 Å². The summed E-state index contributed by atoms with van der Waals surface area (Å²) in [6, 6.07) is 17.5. The molecule has 0 saturated carbocycles. The number of esters is 1. The van der Waals surface area contributed by atoms with Crippen LogP contribution in [0.1, 0.15) is 62.9 Å². The van der Waals surface area contributed by atoms with Gasteiger partial charge in [0, 0.05) is 0 Å². The van der Waals surface area contributed by atoms with Gasteiger partial charge in [-0.2, -0.15) is 5.26 Å². The van der Waals surface area contributed by atoms with E-state index in [1.165, 1.54) is 15.9 Å². The van der Waals surface area contributed by atoms with Gasteiger partial charge in [0.15, 0.2) is 27.8 Å². The zero-order chi connectivity index (χ0) is 35.2. The van der Waals surface area contributed by atoms with Gasteiger partial charge < -0.3 is 23.7 Å². The van der Waals surface area contributed by atoms with Crippen LogP contribution in [0.4, 0.5) is 0 Å². The standard InChI is InChI=1S/C37H36BrN3O7S/c1-7-45-30-16-25(15-27(38)34(30)47-20-24-11-9-23(19-39)10-12-24)17-31-35(42)41-33(26-13-14-28(48-21(3)4)29(18-26)44-6)32(36(43)46-8-2)22(5)40-37(41)49-31/h9-18,21,33H,7-8,20H2,1-6H3/b31-17+/t33-/m0/s1. The molecule has 0 amide bonds. The molecule has 0 N–H and O–H groups in total. The number of thiazole rings is 1. The number of hydrogen-bond donors (Lipinski definition) is 0. The van der Waals surface area contributed by atoms with Gasteiger partial charge in [-0.1, -0.05) is 29.5 Å². The van der Waals surface area contributed by atoms with E-state index in [9.17, 15) is 9.59 Å². The number of allylic oxidation sites excluding steroid dienone is 1. The second kappa shape index (κ2) is 15.6. The molecule has 1 aliphatic heterocycles. The number of carbonyl (C=O) groups excluding carboxylic acids is 1. The highest BCUT2D eigenvalue weighted by Gasteiger charge is 2.34. The van der Waals surface area contributed by atoms with Gasteiger partial charge in [0.1, 0.15) is 6.61 Å². The predicted octanol–water partition coefficient (Wildman–Crippen LogP) is 6.21. The molecule has 5 rings (SSSR count). The van der Waals surface area contributed by atoms with Gasteiger partial charge in [-0.3, -0.25) is 9.36 Å². The number of halogens is 1. The highest BCUT2D eigenvalue weighted by Crippen LogP contribution is 2.39. The lowest BCUT2D eigenvalue weighted by Gasteiger charge is -2.25. The van der Waals surface area contributed by atoms with Gasteiger partial charge in [0.2, 0.25) is 0 Å². The minimum atomic E-state index is -0.817. The molecule has 2 heterocycles. The first-order valence-electron chi connectivity index (χ1n) is 15.7. The quantitative estimate of drug-likeness (QED) is 0.157. The third-order valence-corrected chi connectivity index (χ3v) is 9.05. The van der Waals surface area contributed by atoms with Crippen LogP contribution in [0.3, 0.4) is 0 Å². The first-order valence-corrected chi connectivity index (χ1v) is 17.3. The van der Waals surface area contributed by atoms with E-state index in [1.54, 1.807) is 51.3 Å². The molecule has 12 heteroatoms. The molecule has 3 aromatic carbocycles. The minimum absolute atomic E-state index is 0.0823. The monoisotopic (exact) mass is 745 g/mol. The average Bonchev–Trinajstić information content (AvgIpc) is 3.37. The van der Waals surface area contributed by atoms with E-state index in [0.717, 1.165) is 5.56 Å². The number of methoxy groups -OCH3 is 1. The van der Waals surface area contributed by atoms with Crippen LogP contribution in [-0.4, -0.2) is 37.0 Å². The van der Waals surface area contributed by atoms with Crippen molar-refractivity contribution in [1.82, 2.24) is 4.57 Å². The van der Waals surface area contributed by atoms with Crippen LogP contribution in [0.25, 0.3) is 6.08 Å². The molecule has 0 aliphatic carbocycles. The Hall–Kier alpha value is -4.86. The summed E-state index contributed by atoms with van der Waals surface area (Å²) in [4.78, 5) is 32.7. The summed E-state index contributed by atoms with van der Waals surface area (Å²) in [7, 11) is 1.54. The van der Waals surface area contributed by atoms with Gasteiger partial charge in [-0.15, -0.1) is 0 Å². The third-order valence-electron chi connectivity index (χ3n) is 7.48. The maximum atomic E-state index is 14.2. The van der Waals surface area contributed by atoms with E-state index in [0.29, 0.717) is 65.8 Å². The summed E-state index contributed by atoms with van der Waals surface area (Å²) in [6.07, 6.45) is 1.68. The fourth-order valence-electron chi connectivity index (χ4n) is 5.37. The van der Waals surface area contributed by atoms with Crippen LogP contribution in [-0.2, 0) is 16.1 Å². The molecule has 1 aliphatic rings. The van der Waals surface area contributed by atoms with Crippen molar-refractivity contribution in [2.24, 2.45) is 4.99 Å². The zero-order valence-corrected chi connectivity index (χ0v) is 30.4. The molecular weight excluding hydrogens is 710 g/mol. The molecule has 0 unspecified atom stereocenters. The number of hydrogen-bond acceptors (Lipinski definition) is 10. The fourth-order valence-corrected chi connectivity index (χ4v) is 6.99. The smallest absolute Gasteiger partial charge is 0.338 e. The lowest BCUT2D eigenvalue weighted by molar-refractivity contribution is -0.139. The van der Waals surface area contributed by atoms with E-state index < -0.39 is 12.0 Å². The number of carbonyl (C=O) groups is 1. The lowest BCUT2D eigenvalue weighted by atomic mass is 9.95. The Morgan fingerprint density at radius 1 is 1.06 bits per heavy atom. The largest absolute Gasteiger partial charge is 0.493 e. The molecule has 0 bridgehead atoms. The number of nitriles is 1. The Morgan fingerprint density at radius 2 is 1.82 bits per heavy atom. The van der Waals surface area contributed by atoms with Gasteiger partial charge in [0.05, 0.1) is 64.4 Å². The van der Waals surface area contributed by atoms with Gasteiger partial charge >= 0.3 is 5.97 Å². The summed E-state index contributed by atoms with van der Waals surface area (Å²) in [5.41, 5.74) is 3.21. The van der Waals surface area contributed by atoms with Crippen molar-refractivity contribution in [2.45, 2.75) is 53.4 Å². The lowest BCUT2D eigenvalue weighted by Crippen LogP contribution is -2.40. The molecule has 254 valence electrons. The first kappa shape index (κ1) is 35.4. The van der Waals surface area contributed by atoms with E-state index in [1.807, 2.05) is 51.1 Å². The van der Waals surface area contributed by atoms with Gasteiger partial charge in [-0.05, 0) is 110 Å². The van der Waals surface area contributed by atoms with Crippen molar-refractivity contribution in [3.63, 3.8) is 0 Å². The van der Waals surface area contributed by atoms with Crippen molar-refractivity contribution in [3.05, 3.63) is 112 Å². The summed E-state index contributed by atoms with van der Waals surface area (Å²) < 4.78 is 31.7. The molecule has 4 aromatic rings. The van der Waals surface area contributed by atoms with Crippen LogP contribution < -0.4 is 33.8 Å². The van der Waals surface area contributed by atoms with Crippen molar-refractivity contribution in [1.29, 1.82) is 5.26 Å². The SMILES string of the molecule is CCOC(=O)C1=C(C)N=c2s/c(=C/c3cc(Br)c(OCc4ccc(C#N)cc4)c(OCC)c3)c(=O)n2[C@H]1c1ccc(OC(C)C)c(OC)c1. The Balaban J connectivity index is 1.59. The molecule has 0 spiro atoms. The van der Waals surface area contributed by atoms with E-state index in [-0.39, 0.29) is 30.5 Å². The van der Waals surface area contributed by atoms with Crippen LogP contribution in [0.15, 0.2) is 80.1 Å². The van der Waals surface area contributed by atoms with Crippen molar-refractivity contribution < 1.29 is 28.5 Å². The number of rotatable bonds is 12. The van der Waals surface area contributed by atoms with Crippen molar-refractivity contribution in [3.8, 4) is 29.1 Å². The second-order valence-corrected chi connectivity index (χ2v) is 13.1. The topological polar surface area (TPSA) is 121 Å². The van der Waals surface area contributed by atoms with E-state index in [4.69, 9.17) is 28.9 Å². The maximum absolute atomic E-state index is 14.2. The second-order valence-electron chi connectivity index (χ2n) is 11.2. The Kier molecular flexibility index (Phi) is 11.3. The number of ether oxygens (including phenoxy) is 5. The summed E-state index contributed by atoms with van der Waals surface area (Å²) in [5.74, 6) is 1.48. The van der Waals surface area contributed by atoms with Crippen LogP contribution in [0.2, 0.25) is 0 Å². The maximum Gasteiger partial charge on any atom is 0.338 e.